The Morgan fingerprint density at radius 2 is 1.67 bits per heavy atom. The number of alkyl halides is 5. The van der Waals surface area contributed by atoms with E-state index in [1.807, 2.05) is 19.9 Å². The van der Waals surface area contributed by atoms with Gasteiger partial charge in [0.1, 0.15) is 22.8 Å². The van der Waals surface area contributed by atoms with Crippen molar-refractivity contribution in [2.45, 2.75) is 70.4 Å². The number of ether oxygens (including phenoxy) is 1. The molecule has 1 aliphatic rings. The fourth-order valence-electron chi connectivity index (χ4n) is 5.13. The summed E-state index contributed by atoms with van der Waals surface area (Å²) in [5.74, 6) is 0.360. The number of rotatable bonds is 9. The fraction of sp³-hybridized carbons (Fsp3) is 0.414. The Labute approximate surface area is 260 Å². The van der Waals surface area contributed by atoms with Crippen molar-refractivity contribution in [2.75, 3.05) is 17.3 Å². The zero-order valence-corrected chi connectivity index (χ0v) is 25.0. The molecular weight excluding hydrogens is 615 g/mol. The Morgan fingerprint density at radius 1 is 0.978 bits per heavy atom. The van der Waals surface area contributed by atoms with E-state index in [9.17, 15) is 26.7 Å². The first-order valence-corrected chi connectivity index (χ1v) is 14.4. The zero-order chi connectivity index (χ0) is 33.0. The van der Waals surface area contributed by atoms with Gasteiger partial charge in [0.2, 0.25) is 5.95 Å². The zero-order valence-electron chi connectivity index (χ0n) is 25.0. The molecule has 17 heteroatoms. The molecule has 0 saturated heterocycles. The SMILES string of the molecule is COc1ncc(-c2ccc(N(C(=O)NC(C)C)[C@H]3CC[C@H](Nc4ncc(C(F)(F)F)c(-c5ccn(C(F)F)n5)n4)CC3)nc2)cn1. The first-order chi connectivity index (χ1) is 21.9. The van der Waals surface area contributed by atoms with E-state index in [-0.39, 0.29) is 46.5 Å². The van der Waals surface area contributed by atoms with Crippen LogP contribution in [0.25, 0.3) is 22.5 Å². The first kappa shape index (κ1) is 32.4. The Balaban J connectivity index is 1.31. The summed E-state index contributed by atoms with van der Waals surface area (Å²) in [6.07, 6.45) is 3.70. The lowest BCUT2D eigenvalue weighted by atomic mass is 9.90. The minimum atomic E-state index is -4.82. The number of methoxy groups -OCH3 is 1. The Kier molecular flexibility index (Phi) is 9.57. The van der Waals surface area contributed by atoms with Crippen LogP contribution in [0.2, 0.25) is 0 Å². The average Bonchev–Trinajstić information content (AvgIpc) is 3.53. The summed E-state index contributed by atoms with van der Waals surface area (Å²) in [5, 5.41) is 9.55. The van der Waals surface area contributed by atoms with E-state index in [0.29, 0.717) is 37.7 Å². The number of hydrogen-bond acceptors (Lipinski definition) is 9. The van der Waals surface area contributed by atoms with Gasteiger partial charge in [-0.15, -0.1) is 0 Å². The summed E-state index contributed by atoms with van der Waals surface area (Å²) in [6, 6.07) is 3.97. The maximum atomic E-state index is 13.7. The Bertz CT molecular complexity index is 1620. The molecule has 12 nitrogen and oxygen atoms in total. The minimum absolute atomic E-state index is 0.0905. The number of pyridine rings is 1. The second-order valence-corrected chi connectivity index (χ2v) is 10.9. The third kappa shape index (κ3) is 7.46. The number of carbonyl (C=O) groups excluding carboxylic acids is 1. The molecule has 2 N–H and O–H groups in total. The molecule has 2 amide bonds. The van der Waals surface area contributed by atoms with E-state index in [4.69, 9.17) is 4.74 Å². The second kappa shape index (κ2) is 13.6. The van der Waals surface area contributed by atoms with Crippen LogP contribution < -0.4 is 20.3 Å². The van der Waals surface area contributed by atoms with Gasteiger partial charge in [0.15, 0.2) is 0 Å². The molecule has 0 aromatic carbocycles. The molecule has 1 saturated carbocycles. The lowest BCUT2D eigenvalue weighted by Gasteiger charge is -2.37. The first-order valence-electron chi connectivity index (χ1n) is 14.4. The molecule has 1 fully saturated rings. The largest absolute Gasteiger partial charge is 0.467 e. The molecule has 0 unspecified atom stereocenters. The third-order valence-corrected chi connectivity index (χ3v) is 7.31. The summed E-state index contributed by atoms with van der Waals surface area (Å²) in [6.45, 7) is 0.692. The van der Waals surface area contributed by atoms with Gasteiger partial charge in [-0.1, -0.05) is 0 Å². The summed E-state index contributed by atoms with van der Waals surface area (Å²) >= 11 is 0. The number of nitrogens with zero attached hydrogens (tertiary/aromatic N) is 8. The maximum Gasteiger partial charge on any atom is 0.420 e. The highest BCUT2D eigenvalue weighted by molar-refractivity contribution is 5.92. The summed E-state index contributed by atoms with van der Waals surface area (Å²) < 4.78 is 72.4. The van der Waals surface area contributed by atoms with Crippen molar-refractivity contribution < 1.29 is 31.5 Å². The lowest BCUT2D eigenvalue weighted by molar-refractivity contribution is -0.137. The highest BCUT2D eigenvalue weighted by atomic mass is 19.4. The summed E-state index contributed by atoms with van der Waals surface area (Å²) in [4.78, 5) is 35.6. The van der Waals surface area contributed by atoms with E-state index >= 15 is 0 Å². The van der Waals surface area contributed by atoms with Crippen LogP contribution in [-0.2, 0) is 6.18 Å². The monoisotopic (exact) mass is 646 g/mol. The van der Waals surface area contributed by atoms with Gasteiger partial charge >= 0.3 is 24.8 Å². The van der Waals surface area contributed by atoms with Crippen LogP contribution in [-0.4, -0.2) is 66.0 Å². The minimum Gasteiger partial charge on any atom is -0.467 e. The van der Waals surface area contributed by atoms with Gasteiger partial charge in [-0.3, -0.25) is 4.90 Å². The molecule has 0 bridgehead atoms. The predicted molar refractivity (Wildman–Crippen MR) is 157 cm³/mol. The number of carbonyl (C=O) groups is 1. The summed E-state index contributed by atoms with van der Waals surface area (Å²) in [5.41, 5.74) is -0.677. The Hall–Kier alpha value is -4.96. The van der Waals surface area contributed by atoms with Gasteiger partial charge in [-0.2, -0.15) is 27.1 Å². The van der Waals surface area contributed by atoms with E-state index in [1.165, 1.54) is 7.11 Å². The van der Waals surface area contributed by atoms with Gasteiger partial charge in [0, 0.05) is 60.2 Å². The van der Waals surface area contributed by atoms with Crippen molar-refractivity contribution in [3.05, 3.63) is 54.7 Å². The smallest absolute Gasteiger partial charge is 0.420 e. The van der Waals surface area contributed by atoms with Gasteiger partial charge in [-0.25, -0.2) is 34.4 Å². The quantitative estimate of drug-likeness (QED) is 0.211. The number of amides is 2. The summed E-state index contributed by atoms with van der Waals surface area (Å²) in [7, 11) is 1.47. The number of nitrogens with one attached hydrogen (secondary N) is 2. The standard InChI is InChI=1S/C29H31F5N10O2/c1-16(2)39-28(45)44(23-9-4-17(12-35-23)18-13-37-27(46-3)38-14-18)20-7-5-19(6-8-20)40-26-36-15-21(29(32,33)34)24(41-26)22-10-11-43(42-22)25(30)31/h4,9-16,19-20,25H,5-8H2,1-3H3,(H,39,45)(H,36,40,41)/t19-,20-. The highest BCUT2D eigenvalue weighted by Gasteiger charge is 2.37. The van der Waals surface area contributed by atoms with Crippen molar-refractivity contribution in [2.24, 2.45) is 0 Å². The molecule has 4 heterocycles. The molecule has 0 atom stereocenters. The highest BCUT2D eigenvalue weighted by Crippen LogP contribution is 2.36. The van der Waals surface area contributed by atoms with Crippen molar-refractivity contribution in [1.82, 2.24) is 40.0 Å². The van der Waals surface area contributed by atoms with Crippen LogP contribution >= 0.6 is 0 Å². The Morgan fingerprint density at radius 3 is 2.24 bits per heavy atom. The van der Waals surface area contributed by atoms with Crippen molar-refractivity contribution in [1.29, 1.82) is 0 Å². The topological polar surface area (TPSA) is 136 Å². The number of urea groups is 1. The fourth-order valence-corrected chi connectivity index (χ4v) is 5.13. The van der Waals surface area contributed by atoms with Crippen LogP contribution in [0.1, 0.15) is 51.6 Å². The van der Waals surface area contributed by atoms with Gasteiger partial charge in [0.05, 0.1) is 7.11 Å². The van der Waals surface area contributed by atoms with E-state index < -0.39 is 24.0 Å². The average molecular weight is 647 g/mol. The van der Waals surface area contributed by atoms with E-state index in [1.54, 1.807) is 29.6 Å². The van der Waals surface area contributed by atoms with E-state index in [0.717, 1.165) is 23.4 Å². The van der Waals surface area contributed by atoms with Crippen LogP contribution in [0.5, 0.6) is 6.01 Å². The lowest BCUT2D eigenvalue weighted by Crippen LogP contribution is -2.50. The number of hydrogen-bond donors (Lipinski definition) is 2. The second-order valence-electron chi connectivity index (χ2n) is 10.9. The number of anilines is 2. The van der Waals surface area contributed by atoms with Crippen molar-refractivity contribution in [3.8, 4) is 28.5 Å². The third-order valence-electron chi connectivity index (χ3n) is 7.31. The molecule has 0 radical (unpaired) electrons. The molecule has 4 aromatic heterocycles. The molecule has 0 spiro atoms. The number of halogens is 5. The van der Waals surface area contributed by atoms with Gasteiger partial charge < -0.3 is 15.4 Å². The van der Waals surface area contributed by atoms with Crippen LogP contribution in [0.15, 0.2) is 49.2 Å². The molecular formula is C29H31F5N10O2. The van der Waals surface area contributed by atoms with Crippen molar-refractivity contribution >= 4 is 17.8 Å². The molecule has 1 aliphatic carbocycles. The molecule has 0 aliphatic heterocycles. The van der Waals surface area contributed by atoms with Crippen LogP contribution in [0.3, 0.4) is 0 Å². The predicted octanol–water partition coefficient (Wildman–Crippen LogP) is 5.96. The molecule has 46 heavy (non-hydrogen) atoms. The molecule has 5 rings (SSSR count). The van der Waals surface area contributed by atoms with Gasteiger partial charge in [-0.05, 0) is 57.7 Å². The van der Waals surface area contributed by atoms with E-state index in [2.05, 4.69) is 40.7 Å². The molecule has 244 valence electrons. The maximum absolute atomic E-state index is 13.7. The van der Waals surface area contributed by atoms with Crippen LogP contribution in [0.4, 0.5) is 38.5 Å². The molecule has 4 aromatic rings. The van der Waals surface area contributed by atoms with Crippen LogP contribution in [0, 0.1) is 0 Å². The van der Waals surface area contributed by atoms with Gasteiger partial charge in [0.25, 0.3) is 0 Å². The van der Waals surface area contributed by atoms with Crippen molar-refractivity contribution in [3.63, 3.8) is 0 Å². The normalized spacial score (nSPS) is 16.8. The number of aromatic nitrogens is 7.